The van der Waals surface area contributed by atoms with Gasteiger partial charge in [0.1, 0.15) is 17.0 Å². The lowest BCUT2D eigenvalue weighted by Gasteiger charge is -2.15. The molecule has 130 valence electrons. The molecule has 0 spiro atoms. The molecule has 0 aliphatic carbocycles. The number of carbonyl (C=O) groups is 3. The van der Waals surface area contributed by atoms with Gasteiger partial charge in [-0.15, -0.1) is 0 Å². The zero-order valence-corrected chi connectivity index (χ0v) is 14.1. The lowest BCUT2D eigenvalue weighted by molar-refractivity contribution is -0.121. The van der Waals surface area contributed by atoms with Gasteiger partial charge in [-0.25, -0.2) is 19.7 Å². The van der Waals surface area contributed by atoms with E-state index in [2.05, 4.69) is 15.3 Å². The summed E-state index contributed by atoms with van der Waals surface area (Å²) in [4.78, 5) is 44.9. The van der Waals surface area contributed by atoms with Gasteiger partial charge in [0, 0.05) is 23.3 Å². The molecule has 0 unspecified atom stereocenters. The van der Waals surface area contributed by atoms with Gasteiger partial charge < -0.3 is 5.32 Å². The minimum Gasteiger partial charge on any atom is -0.323 e. The lowest BCUT2D eigenvalue weighted by Crippen LogP contribution is -2.40. The number of pyridine rings is 2. The molecule has 0 aromatic carbocycles. The van der Waals surface area contributed by atoms with E-state index < -0.39 is 11.6 Å². The Morgan fingerprint density at radius 1 is 1.12 bits per heavy atom. The molecule has 1 N–H and O–H groups in total. The fourth-order valence-corrected chi connectivity index (χ4v) is 2.92. The van der Waals surface area contributed by atoms with Crippen molar-refractivity contribution in [2.75, 3.05) is 4.90 Å². The molecule has 3 amide bonds. The first kappa shape index (κ1) is 15.9. The van der Waals surface area contributed by atoms with E-state index in [4.69, 9.17) is 0 Å². The van der Waals surface area contributed by atoms with Crippen LogP contribution in [0, 0.1) is 0 Å². The van der Waals surface area contributed by atoms with E-state index in [0.717, 1.165) is 22.3 Å². The predicted octanol–water partition coefficient (Wildman–Crippen LogP) is 2.07. The number of aldehydes is 1. The summed E-state index contributed by atoms with van der Waals surface area (Å²) < 4.78 is 1.82. The normalized spacial score (nSPS) is 16.2. The molecule has 8 nitrogen and oxygen atoms in total. The van der Waals surface area contributed by atoms with Crippen LogP contribution >= 0.6 is 0 Å². The minimum atomic E-state index is -0.950. The molecule has 4 heterocycles. The molecule has 1 saturated heterocycles. The molecule has 1 fully saturated rings. The Morgan fingerprint density at radius 2 is 1.92 bits per heavy atom. The zero-order valence-electron chi connectivity index (χ0n) is 14.1. The third-order valence-corrected chi connectivity index (χ3v) is 4.28. The van der Waals surface area contributed by atoms with Gasteiger partial charge in [-0.1, -0.05) is 0 Å². The van der Waals surface area contributed by atoms with Gasteiger partial charge in [0.25, 0.3) is 5.91 Å². The maximum atomic E-state index is 12.3. The van der Waals surface area contributed by atoms with Crippen molar-refractivity contribution in [3.8, 4) is 5.69 Å². The number of aromatic nitrogens is 3. The molecule has 3 aromatic heterocycles. The Kier molecular flexibility index (Phi) is 3.36. The molecule has 3 aromatic rings. The van der Waals surface area contributed by atoms with Gasteiger partial charge >= 0.3 is 6.03 Å². The summed E-state index contributed by atoms with van der Waals surface area (Å²) in [5, 5.41) is 3.45. The second-order valence-electron chi connectivity index (χ2n) is 6.56. The van der Waals surface area contributed by atoms with Crippen LogP contribution in [0.5, 0.6) is 0 Å². The predicted molar refractivity (Wildman–Crippen MR) is 94.3 cm³/mol. The van der Waals surface area contributed by atoms with Crippen LogP contribution in [0.3, 0.4) is 0 Å². The average molecular weight is 349 g/mol. The molecular formula is C18H15N5O3. The molecule has 1 aliphatic heterocycles. The standard InChI is InChI=1S/C18H15N5O3/c1-18(2)16(25)23(17(26)21-18)14-4-3-13(9-19-14)22-6-5-12-7-11(10-24)8-20-15(12)22/h3-10H,1-2H3,(H,21,26). The molecule has 0 bridgehead atoms. The number of fused-ring (bicyclic) bond motifs is 1. The van der Waals surface area contributed by atoms with Gasteiger partial charge in [-0.05, 0) is 38.1 Å². The minimum absolute atomic E-state index is 0.259. The van der Waals surface area contributed by atoms with E-state index in [-0.39, 0.29) is 11.7 Å². The van der Waals surface area contributed by atoms with Crippen molar-refractivity contribution in [1.29, 1.82) is 0 Å². The number of hydrogen-bond donors (Lipinski definition) is 1. The van der Waals surface area contributed by atoms with Crippen LogP contribution in [-0.4, -0.2) is 38.3 Å². The van der Waals surface area contributed by atoms with E-state index >= 15 is 0 Å². The Balaban J connectivity index is 1.70. The Bertz CT molecular complexity index is 1050. The highest BCUT2D eigenvalue weighted by molar-refractivity contribution is 6.22. The van der Waals surface area contributed by atoms with E-state index in [9.17, 15) is 14.4 Å². The van der Waals surface area contributed by atoms with Gasteiger partial charge in [0.05, 0.1) is 11.9 Å². The molecular weight excluding hydrogens is 334 g/mol. The van der Waals surface area contributed by atoms with E-state index in [1.165, 1.54) is 6.20 Å². The quantitative estimate of drug-likeness (QED) is 0.577. The lowest BCUT2D eigenvalue weighted by atomic mass is 10.1. The first-order valence-corrected chi connectivity index (χ1v) is 7.96. The third-order valence-electron chi connectivity index (χ3n) is 4.28. The second kappa shape index (κ2) is 5.48. The van der Waals surface area contributed by atoms with Crippen molar-refractivity contribution in [3.05, 3.63) is 48.4 Å². The van der Waals surface area contributed by atoms with Crippen molar-refractivity contribution < 1.29 is 14.4 Å². The second-order valence-corrected chi connectivity index (χ2v) is 6.56. The van der Waals surface area contributed by atoms with Crippen molar-refractivity contribution in [2.24, 2.45) is 0 Å². The van der Waals surface area contributed by atoms with Crippen molar-refractivity contribution >= 4 is 35.1 Å². The monoisotopic (exact) mass is 349 g/mol. The summed E-state index contributed by atoms with van der Waals surface area (Å²) in [6, 6.07) is 6.48. The molecule has 4 rings (SSSR count). The Hall–Kier alpha value is -3.55. The van der Waals surface area contributed by atoms with Gasteiger partial charge in [0.15, 0.2) is 6.29 Å². The van der Waals surface area contributed by atoms with Crippen LogP contribution in [0.25, 0.3) is 16.7 Å². The number of carbonyl (C=O) groups excluding carboxylic acids is 3. The first-order valence-electron chi connectivity index (χ1n) is 7.96. The number of amides is 3. The summed E-state index contributed by atoms with van der Waals surface area (Å²) >= 11 is 0. The maximum absolute atomic E-state index is 12.3. The van der Waals surface area contributed by atoms with E-state index in [1.807, 2.05) is 16.8 Å². The SMILES string of the molecule is CC1(C)NC(=O)N(c2ccc(-n3ccc4cc(C=O)cnc43)cn2)C1=O. The largest absolute Gasteiger partial charge is 0.330 e. The zero-order chi connectivity index (χ0) is 18.5. The van der Waals surface area contributed by atoms with Crippen LogP contribution in [0.1, 0.15) is 24.2 Å². The number of hydrogen-bond acceptors (Lipinski definition) is 5. The average Bonchev–Trinajstić information content (AvgIpc) is 3.13. The topological polar surface area (TPSA) is 97.2 Å². The highest BCUT2D eigenvalue weighted by Crippen LogP contribution is 2.24. The van der Waals surface area contributed by atoms with Crippen LogP contribution in [0.2, 0.25) is 0 Å². The van der Waals surface area contributed by atoms with Crippen LogP contribution < -0.4 is 10.2 Å². The van der Waals surface area contributed by atoms with Crippen LogP contribution in [0.15, 0.2) is 42.9 Å². The summed E-state index contributed by atoms with van der Waals surface area (Å²) in [6.45, 7) is 3.29. The van der Waals surface area contributed by atoms with Gasteiger partial charge in [-0.3, -0.25) is 14.2 Å². The van der Waals surface area contributed by atoms with Gasteiger partial charge in [0.2, 0.25) is 0 Å². The summed E-state index contributed by atoms with van der Waals surface area (Å²) in [5.41, 5.74) is 0.960. The fraction of sp³-hybridized carbons (Fsp3) is 0.167. The molecule has 26 heavy (non-hydrogen) atoms. The molecule has 0 radical (unpaired) electrons. The molecule has 0 saturated carbocycles. The highest BCUT2D eigenvalue weighted by atomic mass is 16.2. The van der Waals surface area contributed by atoms with Crippen LogP contribution in [-0.2, 0) is 4.79 Å². The smallest absolute Gasteiger partial charge is 0.323 e. The van der Waals surface area contributed by atoms with E-state index in [0.29, 0.717) is 11.2 Å². The summed E-state index contributed by atoms with van der Waals surface area (Å²) in [5.74, 6) is -0.0910. The number of nitrogens with one attached hydrogen (secondary N) is 1. The number of nitrogens with zero attached hydrogens (tertiary/aromatic N) is 4. The molecule has 1 aliphatic rings. The molecule has 8 heteroatoms. The fourth-order valence-electron chi connectivity index (χ4n) is 2.92. The highest BCUT2D eigenvalue weighted by Gasteiger charge is 2.45. The number of imide groups is 1. The third kappa shape index (κ3) is 2.34. The first-order chi connectivity index (χ1) is 12.4. The summed E-state index contributed by atoms with van der Waals surface area (Å²) in [7, 11) is 0. The van der Waals surface area contributed by atoms with Crippen molar-refractivity contribution in [1.82, 2.24) is 19.9 Å². The maximum Gasteiger partial charge on any atom is 0.330 e. The Morgan fingerprint density at radius 3 is 2.54 bits per heavy atom. The number of anilines is 1. The van der Waals surface area contributed by atoms with E-state index in [1.54, 1.807) is 38.2 Å². The van der Waals surface area contributed by atoms with Crippen molar-refractivity contribution in [2.45, 2.75) is 19.4 Å². The number of rotatable bonds is 3. The molecule has 0 atom stereocenters. The van der Waals surface area contributed by atoms with Crippen LogP contribution in [0.4, 0.5) is 10.6 Å². The summed E-state index contributed by atoms with van der Waals surface area (Å²) in [6.07, 6.45) is 5.64. The van der Waals surface area contributed by atoms with Crippen molar-refractivity contribution in [3.63, 3.8) is 0 Å². The Labute approximate surface area is 148 Å². The van der Waals surface area contributed by atoms with Gasteiger partial charge in [-0.2, -0.15) is 0 Å². The number of urea groups is 1.